The van der Waals surface area contributed by atoms with E-state index in [1.807, 2.05) is 0 Å². The van der Waals surface area contributed by atoms with Crippen LogP contribution in [0.4, 0.5) is 26.3 Å². The lowest BCUT2D eigenvalue weighted by Gasteiger charge is -2.15. The Morgan fingerprint density at radius 2 is 1.57 bits per heavy atom. The van der Waals surface area contributed by atoms with E-state index in [1.54, 1.807) is 0 Å². The lowest BCUT2D eigenvalue weighted by atomic mass is 9.98. The second kappa shape index (κ2) is 5.40. The van der Waals surface area contributed by atoms with Gasteiger partial charge in [0.05, 0.1) is 5.56 Å². The molecular formula is C14H8F6O. The van der Waals surface area contributed by atoms with Crippen molar-refractivity contribution in [3.63, 3.8) is 0 Å². The minimum atomic E-state index is -4.96. The summed E-state index contributed by atoms with van der Waals surface area (Å²) in [6.45, 7) is 0. The average Bonchev–Trinajstić information content (AvgIpc) is 2.40. The summed E-state index contributed by atoms with van der Waals surface area (Å²) in [5, 5.41) is 9.88. The van der Waals surface area contributed by atoms with Crippen LogP contribution < -0.4 is 0 Å². The van der Waals surface area contributed by atoms with Crippen LogP contribution in [0.3, 0.4) is 0 Å². The van der Waals surface area contributed by atoms with Crippen LogP contribution in [0, 0.1) is 17.5 Å². The summed E-state index contributed by atoms with van der Waals surface area (Å²) in [5.74, 6) is -4.13. The smallest absolute Gasteiger partial charge is 0.384 e. The molecule has 112 valence electrons. The second-order valence-electron chi connectivity index (χ2n) is 4.28. The summed E-state index contributed by atoms with van der Waals surface area (Å²) in [6, 6.07) is 4.69. The largest absolute Gasteiger partial charge is 0.419 e. The molecule has 0 saturated heterocycles. The fourth-order valence-electron chi connectivity index (χ4n) is 1.84. The molecule has 0 fully saturated rings. The van der Waals surface area contributed by atoms with E-state index in [4.69, 9.17) is 0 Å². The number of halogens is 6. The maximum absolute atomic E-state index is 13.5. The zero-order chi connectivity index (χ0) is 15.8. The maximum atomic E-state index is 13.5. The highest BCUT2D eigenvalue weighted by Gasteiger charge is 2.35. The first kappa shape index (κ1) is 15.4. The quantitative estimate of drug-likeness (QED) is 0.824. The number of hydrogen-bond donors (Lipinski definition) is 1. The van der Waals surface area contributed by atoms with Crippen LogP contribution in [-0.2, 0) is 6.18 Å². The van der Waals surface area contributed by atoms with Gasteiger partial charge in [-0.15, -0.1) is 0 Å². The van der Waals surface area contributed by atoms with Crippen molar-refractivity contribution in [2.24, 2.45) is 0 Å². The van der Waals surface area contributed by atoms with Crippen molar-refractivity contribution < 1.29 is 31.4 Å². The standard InChI is InChI=1S/C14H8F6O/c15-10-5-4-7(6-9(10)14(18,19)20)13(21)8-2-1-3-11(16)12(8)17/h1-6,13,21H. The normalized spacial score (nSPS) is 13.3. The van der Waals surface area contributed by atoms with E-state index in [2.05, 4.69) is 0 Å². The van der Waals surface area contributed by atoms with Gasteiger partial charge in [-0.2, -0.15) is 13.2 Å². The molecule has 2 aromatic rings. The van der Waals surface area contributed by atoms with E-state index < -0.39 is 46.4 Å². The van der Waals surface area contributed by atoms with E-state index in [0.717, 1.165) is 24.3 Å². The van der Waals surface area contributed by atoms with Gasteiger partial charge in [0.25, 0.3) is 0 Å². The molecule has 0 bridgehead atoms. The van der Waals surface area contributed by atoms with Gasteiger partial charge in [-0.1, -0.05) is 18.2 Å². The van der Waals surface area contributed by atoms with Crippen LogP contribution in [0.1, 0.15) is 22.8 Å². The van der Waals surface area contributed by atoms with Gasteiger partial charge in [-0.3, -0.25) is 0 Å². The Morgan fingerprint density at radius 3 is 2.19 bits per heavy atom. The molecule has 0 aromatic heterocycles. The summed E-state index contributed by atoms with van der Waals surface area (Å²) in [7, 11) is 0. The first-order valence-electron chi connectivity index (χ1n) is 5.70. The lowest BCUT2D eigenvalue weighted by molar-refractivity contribution is -0.140. The summed E-state index contributed by atoms with van der Waals surface area (Å²) in [4.78, 5) is 0. The van der Waals surface area contributed by atoms with Crippen molar-refractivity contribution in [3.8, 4) is 0 Å². The number of rotatable bonds is 2. The Labute approximate surface area is 115 Å². The number of aliphatic hydroxyl groups is 1. The number of hydrogen-bond acceptors (Lipinski definition) is 1. The van der Waals surface area contributed by atoms with Gasteiger partial charge >= 0.3 is 6.18 Å². The summed E-state index contributed by atoms with van der Waals surface area (Å²) in [6.07, 6.45) is -6.80. The molecule has 1 nitrogen and oxygen atoms in total. The van der Waals surface area contributed by atoms with E-state index in [-0.39, 0.29) is 0 Å². The molecule has 0 heterocycles. The molecule has 2 rings (SSSR count). The molecular weight excluding hydrogens is 298 g/mol. The molecule has 0 aliphatic carbocycles. The van der Waals surface area contributed by atoms with Crippen LogP contribution in [-0.4, -0.2) is 5.11 Å². The molecule has 21 heavy (non-hydrogen) atoms. The first-order chi connectivity index (χ1) is 9.71. The van der Waals surface area contributed by atoms with Crippen LogP contribution in [0.5, 0.6) is 0 Å². The average molecular weight is 306 g/mol. The zero-order valence-electron chi connectivity index (χ0n) is 10.3. The van der Waals surface area contributed by atoms with Crippen molar-refractivity contribution in [3.05, 3.63) is 70.5 Å². The third-order valence-corrected chi connectivity index (χ3v) is 2.89. The Balaban J connectivity index is 2.49. The zero-order valence-corrected chi connectivity index (χ0v) is 10.3. The molecule has 0 saturated carbocycles. The Kier molecular flexibility index (Phi) is 3.95. The third kappa shape index (κ3) is 3.02. The van der Waals surface area contributed by atoms with Crippen molar-refractivity contribution in [1.82, 2.24) is 0 Å². The molecule has 0 aliphatic rings. The van der Waals surface area contributed by atoms with Crippen LogP contribution >= 0.6 is 0 Å². The van der Waals surface area contributed by atoms with Crippen LogP contribution in [0.15, 0.2) is 36.4 Å². The SMILES string of the molecule is OC(c1ccc(F)c(C(F)(F)F)c1)c1cccc(F)c1F. The molecule has 0 amide bonds. The molecule has 1 atom stereocenters. The van der Waals surface area contributed by atoms with Crippen LogP contribution in [0.2, 0.25) is 0 Å². The summed E-state index contributed by atoms with van der Waals surface area (Å²) >= 11 is 0. The highest BCUT2D eigenvalue weighted by atomic mass is 19.4. The van der Waals surface area contributed by atoms with E-state index in [1.165, 1.54) is 0 Å². The molecule has 7 heteroatoms. The monoisotopic (exact) mass is 306 g/mol. The number of aliphatic hydroxyl groups excluding tert-OH is 1. The van der Waals surface area contributed by atoms with Crippen LogP contribution in [0.25, 0.3) is 0 Å². The number of benzene rings is 2. The predicted molar refractivity (Wildman–Crippen MR) is 61.8 cm³/mol. The highest BCUT2D eigenvalue weighted by Crippen LogP contribution is 2.34. The summed E-state index contributed by atoms with van der Waals surface area (Å²) in [5.41, 5.74) is -2.51. The predicted octanol–water partition coefficient (Wildman–Crippen LogP) is 4.20. The molecule has 0 aliphatic heterocycles. The van der Waals surface area contributed by atoms with Crippen molar-refractivity contribution in [2.75, 3.05) is 0 Å². The Hall–Kier alpha value is -2.02. The van der Waals surface area contributed by atoms with Gasteiger partial charge in [0.1, 0.15) is 11.9 Å². The third-order valence-electron chi connectivity index (χ3n) is 2.89. The van der Waals surface area contributed by atoms with Crippen molar-refractivity contribution in [2.45, 2.75) is 12.3 Å². The minimum Gasteiger partial charge on any atom is -0.384 e. The summed E-state index contributed by atoms with van der Waals surface area (Å²) < 4.78 is 77.5. The van der Waals surface area contributed by atoms with E-state index >= 15 is 0 Å². The fraction of sp³-hybridized carbons (Fsp3) is 0.143. The van der Waals surface area contributed by atoms with Crippen molar-refractivity contribution in [1.29, 1.82) is 0 Å². The topological polar surface area (TPSA) is 20.2 Å². The fourth-order valence-corrected chi connectivity index (χ4v) is 1.84. The Bertz CT molecular complexity index is 665. The highest BCUT2D eigenvalue weighted by molar-refractivity contribution is 5.35. The van der Waals surface area contributed by atoms with E-state index in [0.29, 0.717) is 12.1 Å². The van der Waals surface area contributed by atoms with Gasteiger partial charge in [-0.25, -0.2) is 13.2 Å². The molecule has 0 radical (unpaired) electrons. The number of alkyl halides is 3. The van der Waals surface area contributed by atoms with Gasteiger partial charge in [0.15, 0.2) is 11.6 Å². The van der Waals surface area contributed by atoms with Gasteiger partial charge in [0, 0.05) is 5.56 Å². The minimum absolute atomic E-state index is 0.365. The van der Waals surface area contributed by atoms with E-state index in [9.17, 15) is 31.4 Å². The van der Waals surface area contributed by atoms with Crippen molar-refractivity contribution >= 4 is 0 Å². The lowest BCUT2D eigenvalue weighted by Crippen LogP contribution is -2.11. The second-order valence-corrected chi connectivity index (χ2v) is 4.28. The van der Waals surface area contributed by atoms with Gasteiger partial charge < -0.3 is 5.11 Å². The van der Waals surface area contributed by atoms with Gasteiger partial charge in [0.2, 0.25) is 0 Å². The Morgan fingerprint density at radius 1 is 0.905 bits per heavy atom. The molecule has 0 spiro atoms. The molecule has 1 N–H and O–H groups in total. The molecule has 2 aromatic carbocycles. The first-order valence-corrected chi connectivity index (χ1v) is 5.70. The molecule has 1 unspecified atom stereocenters. The maximum Gasteiger partial charge on any atom is 0.419 e. The van der Waals surface area contributed by atoms with Gasteiger partial charge in [-0.05, 0) is 23.8 Å².